The van der Waals surface area contributed by atoms with Crippen molar-refractivity contribution in [1.82, 2.24) is 10.1 Å². The molecule has 2 aromatic rings. The normalized spacial score (nSPS) is 17.3. The van der Waals surface area contributed by atoms with Crippen LogP contribution in [-0.4, -0.2) is 23.4 Å². The molecule has 0 N–H and O–H groups in total. The molecular weight excluding hydrogens is 266 g/mol. The maximum Gasteiger partial charge on any atom is 0.227 e. The summed E-state index contributed by atoms with van der Waals surface area (Å²) < 4.78 is 10.8. The van der Waals surface area contributed by atoms with Crippen molar-refractivity contribution < 1.29 is 9.26 Å². The molecule has 5 heteroatoms. The molecule has 0 amide bonds. The second-order valence-corrected chi connectivity index (χ2v) is 5.23. The van der Waals surface area contributed by atoms with Gasteiger partial charge in [-0.25, -0.2) is 0 Å². The number of hydrogen-bond acceptors (Lipinski definition) is 5. The standard InChI is InChI=1S/C16H17N3O2/c17-10-4-7-14-18-15(19-21-14)16(8-11-20-12-9-16)13-5-2-1-3-6-13/h1-3,5-6H,4,7-9,11-12H2. The summed E-state index contributed by atoms with van der Waals surface area (Å²) >= 11 is 0. The van der Waals surface area contributed by atoms with Crippen LogP contribution in [0.15, 0.2) is 34.9 Å². The molecule has 1 aromatic carbocycles. The molecule has 0 radical (unpaired) electrons. The minimum absolute atomic E-state index is 0.242. The third-order valence-electron chi connectivity index (χ3n) is 4.02. The Bertz CT molecular complexity index is 624. The Morgan fingerprint density at radius 2 is 1.95 bits per heavy atom. The van der Waals surface area contributed by atoms with E-state index in [2.05, 4.69) is 28.3 Å². The van der Waals surface area contributed by atoms with Gasteiger partial charge in [0.25, 0.3) is 0 Å². The van der Waals surface area contributed by atoms with Crippen molar-refractivity contribution in [3.63, 3.8) is 0 Å². The van der Waals surface area contributed by atoms with Crippen LogP contribution in [-0.2, 0) is 16.6 Å². The van der Waals surface area contributed by atoms with Gasteiger partial charge in [-0.1, -0.05) is 35.5 Å². The average Bonchev–Trinajstić information content (AvgIpc) is 3.04. The first-order valence-corrected chi connectivity index (χ1v) is 7.18. The molecular formula is C16H17N3O2. The van der Waals surface area contributed by atoms with E-state index < -0.39 is 0 Å². The predicted molar refractivity (Wildman–Crippen MR) is 75.5 cm³/mol. The van der Waals surface area contributed by atoms with Crippen LogP contribution < -0.4 is 0 Å². The van der Waals surface area contributed by atoms with Crippen molar-refractivity contribution in [2.45, 2.75) is 31.1 Å². The summed E-state index contributed by atoms with van der Waals surface area (Å²) in [5.74, 6) is 1.25. The van der Waals surface area contributed by atoms with Crippen LogP contribution in [0.3, 0.4) is 0 Å². The van der Waals surface area contributed by atoms with E-state index in [1.54, 1.807) is 0 Å². The first-order chi connectivity index (χ1) is 10.3. The molecule has 3 rings (SSSR count). The monoisotopic (exact) mass is 283 g/mol. The minimum atomic E-state index is -0.242. The highest BCUT2D eigenvalue weighted by molar-refractivity contribution is 5.33. The van der Waals surface area contributed by atoms with Gasteiger partial charge in [-0.05, 0) is 18.4 Å². The lowest BCUT2D eigenvalue weighted by Gasteiger charge is -2.34. The summed E-state index contributed by atoms with van der Waals surface area (Å²) in [4.78, 5) is 4.54. The topological polar surface area (TPSA) is 71.9 Å². The van der Waals surface area contributed by atoms with Crippen LogP contribution in [0.4, 0.5) is 0 Å². The fourth-order valence-electron chi connectivity index (χ4n) is 2.83. The molecule has 1 aliphatic rings. The van der Waals surface area contributed by atoms with Crippen molar-refractivity contribution in [2.24, 2.45) is 0 Å². The fraction of sp³-hybridized carbons (Fsp3) is 0.438. The second-order valence-electron chi connectivity index (χ2n) is 5.23. The van der Waals surface area contributed by atoms with Crippen LogP contribution in [0, 0.1) is 11.3 Å². The molecule has 1 saturated heterocycles. The third kappa shape index (κ3) is 2.67. The summed E-state index contributed by atoms with van der Waals surface area (Å²) in [5, 5.41) is 12.8. The molecule has 2 heterocycles. The lowest BCUT2D eigenvalue weighted by atomic mass is 9.73. The quantitative estimate of drug-likeness (QED) is 0.862. The van der Waals surface area contributed by atoms with Gasteiger partial charge in [-0.15, -0.1) is 0 Å². The molecule has 1 fully saturated rings. The van der Waals surface area contributed by atoms with E-state index in [-0.39, 0.29) is 5.41 Å². The molecule has 1 aliphatic heterocycles. The molecule has 5 nitrogen and oxygen atoms in total. The zero-order chi connectivity index (χ0) is 14.5. The predicted octanol–water partition coefficient (Wildman–Crippen LogP) is 2.62. The number of aromatic nitrogens is 2. The highest BCUT2D eigenvalue weighted by Crippen LogP contribution is 2.39. The molecule has 0 bridgehead atoms. The number of nitrogens with zero attached hydrogens (tertiary/aromatic N) is 3. The SMILES string of the molecule is N#CCCc1nc(C2(c3ccccc3)CCOCC2)no1. The van der Waals surface area contributed by atoms with Gasteiger partial charge in [0.1, 0.15) is 0 Å². The fourth-order valence-corrected chi connectivity index (χ4v) is 2.83. The third-order valence-corrected chi connectivity index (χ3v) is 4.02. The molecule has 0 saturated carbocycles. The maximum absolute atomic E-state index is 8.66. The van der Waals surface area contributed by atoms with Crippen LogP contribution in [0.5, 0.6) is 0 Å². The van der Waals surface area contributed by atoms with Gasteiger partial charge < -0.3 is 9.26 Å². The molecule has 0 spiro atoms. The molecule has 21 heavy (non-hydrogen) atoms. The molecule has 1 aromatic heterocycles. The number of ether oxygens (including phenoxy) is 1. The summed E-state index contributed by atoms with van der Waals surface area (Å²) in [7, 11) is 0. The number of nitriles is 1. The van der Waals surface area contributed by atoms with Gasteiger partial charge in [-0.2, -0.15) is 10.2 Å². The second kappa shape index (κ2) is 6.06. The Kier molecular flexibility index (Phi) is 3.98. The number of aryl methyl sites for hydroxylation is 1. The van der Waals surface area contributed by atoms with Crippen molar-refractivity contribution in [3.05, 3.63) is 47.6 Å². The van der Waals surface area contributed by atoms with Crippen LogP contribution in [0.1, 0.15) is 36.5 Å². The lowest BCUT2D eigenvalue weighted by Crippen LogP contribution is -2.36. The van der Waals surface area contributed by atoms with E-state index in [0.29, 0.717) is 37.8 Å². The first kappa shape index (κ1) is 13.8. The highest BCUT2D eigenvalue weighted by Gasteiger charge is 2.40. The van der Waals surface area contributed by atoms with E-state index in [1.165, 1.54) is 5.56 Å². The summed E-state index contributed by atoms with van der Waals surface area (Å²) in [6, 6.07) is 12.4. The van der Waals surface area contributed by atoms with Gasteiger partial charge in [0, 0.05) is 26.1 Å². The zero-order valence-electron chi connectivity index (χ0n) is 11.8. The maximum atomic E-state index is 8.66. The van der Waals surface area contributed by atoms with E-state index in [1.807, 2.05) is 18.2 Å². The minimum Gasteiger partial charge on any atom is -0.381 e. The Labute approximate surface area is 123 Å². The van der Waals surface area contributed by atoms with Gasteiger partial charge in [0.05, 0.1) is 11.5 Å². The van der Waals surface area contributed by atoms with E-state index in [9.17, 15) is 0 Å². The van der Waals surface area contributed by atoms with Crippen molar-refractivity contribution in [1.29, 1.82) is 5.26 Å². The smallest absolute Gasteiger partial charge is 0.227 e. The highest BCUT2D eigenvalue weighted by atomic mass is 16.5. The summed E-state index contributed by atoms with van der Waals surface area (Å²) in [6.07, 6.45) is 2.58. The Morgan fingerprint density at radius 3 is 2.67 bits per heavy atom. The van der Waals surface area contributed by atoms with Crippen LogP contribution >= 0.6 is 0 Å². The number of benzene rings is 1. The van der Waals surface area contributed by atoms with Crippen LogP contribution in [0.25, 0.3) is 0 Å². The van der Waals surface area contributed by atoms with Gasteiger partial charge >= 0.3 is 0 Å². The summed E-state index contributed by atoms with van der Waals surface area (Å²) in [6.45, 7) is 1.38. The van der Waals surface area contributed by atoms with Crippen molar-refractivity contribution in [2.75, 3.05) is 13.2 Å². The Hall–Kier alpha value is -2.19. The number of hydrogen-bond donors (Lipinski definition) is 0. The largest absolute Gasteiger partial charge is 0.381 e. The Balaban J connectivity index is 1.96. The lowest BCUT2D eigenvalue weighted by molar-refractivity contribution is 0.0597. The zero-order valence-corrected chi connectivity index (χ0v) is 11.8. The van der Waals surface area contributed by atoms with Gasteiger partial charge in [0.2, 0.25) is 5.89 Å². The van der Waals surface area contributed by atoms with E-state index >= 15 is 0 Å². The average molecular weight is 283 g/mol. The van der Waals surface area contributed by atoms with Crippen LogP contribution in [0.2, 0.25) is 0 Å². The summed E-state index contributed by atoms with van der Waals surface area (Å²) in [5.41, 5.74) is 0.953. The van der Waals surface area contributed by atoms with Crippen molar-refractivity contribution >= 4 is 0 Å². The molecule has 108 valence electrons. The Morgan fingerprint density at radius 1 is 1.19 bits per heavy atom. The molecule has 0 unspecified atom stereocenters. The number of rotatable bonds is 4. The van der Waals surface area contributed by atoms with E-state index in [4.69, 9.17) is 14.5 Å². The first-order valence-electron chi connectivity index (χ1n) is 7.18. The van der Waals surface area contributed by atoms with Gasteiger partial charge in [0.15, 0.2) is 5.82 Å². The molecule has 0 atom stereocenters. The van der Waals surface area contributed by atoms with Crippen molar-refractivity contribution in [3.8, 4) is 6.07 Å². The molecule has 0 aliphatic carbocycles. The van der Waals surface area contributed by atoms with E-state index in [0.717, 1.165) is 12.8 Å². The van der Waals surface area contributed by atoms with Gasteiger partial charge in [-0.3, -0.25) is 0 Å².